The molecule has 0 aromatic carbocycles. The molecule has 8 atom stereocenters. The second kappa shape index (κ2) is 1.13. The summed E-state index contributed by atoms with van der Waals surface area (Å²) < 4.78 is 0. The van der Waals surface area contributed by atoms with Crippen molar-refractivity contribution < 1.29 is 5.11 Å². The lowest BCUT2D eigenvalue weighted by molar-refractivity contribution is 0.0590. The summed E-state index contributed by atoms with van der Waals surface area (Å²) in [6.45, 7) is 0. The molecule has 1 N–H and O–H groups in total. The monoisotopic (exact) mass is 147 g/mol. The first-order valence-electron chi connectivity index (χ1n) is 4.44. The highest BCUT2D eigenvalue weighted by atomic mass is 16.3. The van der Waals surface area contributed by atoms with Crippen LogP contribution >= 0.6 is 0 Å². The average Bonchev–Trinajstić information content (AvgIpc) is 2.84. The van der Waals surface area contributed by atoms with Gasteiger partial charge in [-0.2, -0.15) is 5.26 Å². The Bertz CT molecular complexity index is 280. The Hall–Kier alpha value is -0.550. The Balaban J connectivity index is 1.75. The van der Waals surface area contributed by atoms with E-state index in [1.54, 1.807) is 0 Å². The van der Waals surface area contributed by atoms with Gasteiger partial charge in [0.1, 0.15) is 0 Å². The van der Waals surface area contributed by atoms with Crippen LogP contribution < -0.4 is 0 Å². The van der Waals surface area contributed by atoms with Gasteiger partial charge in [0.05, 0.1) is 18.1 Å². The quantitative estimate of drug-likeness (QED) is 0.533. The third-order valence-corrected chi connectivity index (χ3v) is 4.46. The Morgan fingerprint density at radius 1 is 0.909 bits per heavy atom. The van der Waals surface area contributed by atoms with Crippen LogP contribution in [0.2, 0.25) is 0 Å². The van der Waals surface area contributed by atoms with Gasteiger partial charge in [-0.1, -0.05) is 0 Å². The maximum atomic E-state index is 9.70. The van der Waals surface area contributed by atoms with Crippen molar-refractivity contribution in [3.05, 3.63) is 0 Å². The third-order valence-electron chi connectivity index (χ3n) is 4.46. The van der Waals surface area contributed by atoms with Crippen molar-refractivity contribution in [1.82, 2.24) is 0 Å². The Morgan fingerprint density at radius 2 is 1.55 bits per heavy atom. The van der Waals surface area contributed by atoms with Crippen LogP contribution in [-0.4, -0.2) is 11.2 Å². The number of fused-ring (bicyclic) bond motifs is 4. The largest absolute Gasteiger partial charge is 0.392 e. The molecule has 4 rings (SSSR count). The molecule has 0 aromatic rings. The molecule has 0 heterocycles. The summed E-state index contributed by atoms with van der Waals surface area (Å²) in [6, 6.07) is 2.32. The van der Waals surface area contributed by atoms with Crippen LogP contribution in [0, 0.1) is 52.8 Å². The van der Waals surface area contributed by atoms with Crippen LogP contribution in [0.15, 0.2) is 0 Å². The molecule has 0 aromatic heterocycles. The van der Waals surface area contributed by atoms with Crippen molar-refractivity contribution in [2.24, 2.45) is 41.4 Å². The zero-order valence-electron chi connectivity index (χ0n) is 6.01. The highest BCUT2D eigenvalue weighted by Crippen LogP contribution is 2.87. The van der Waals surface area contributed by atoms with E-state index in [1.165, 1.54) is 0 Å². The van der Waals surface area contributed by atoms with Crippen LogP contribution in [0.3, 0.4) is 0 Å². The second-order valence-electron chi connectivity index (χ2n) is 4.61. The summed E-state index contributed by atoms with van der Waals surface area (Å²) in [5.74, 6) is 4.50. The van der Waals surface area contributed by atoms with Crippen molar-refractivity contribution in [3.8, 4) is 6.07 Å². The van der Waals surface area contributed by atoms with E-state index >= 15 is 0 Å². The van der Waals surface area contributed by atoms with Gasteiger partial charge < -0.3 is 5.11 Å². The van der Waals surface area contributed by atoms with E-state index in [2.05, 4.69) is 6.07 Å². The van der Waals surface area contributed by atoms with Gasteiger partial charge in [-0.3, -0.25) is 0 Å². The van der Waals surface area contributed by atoms with Crippen LogP contribution in [0.25, 0.3) is 0 Å². The Kier molecular flexibility index (Phi) is 0.529. The van der Waals surface area contributed by atoms with Crippen LogP contribution in [0.4, 0.5) is 0 Å². The highest BCUT2D eigenvalue weighted by molar-refractivity contribution is 5.36. The first-order valence-corrected chi connectivity index (χ1v) is 4.44. The summed E-state index contributed by atoms with van der Waals surface area (Å²) in [5, 5.41) is 18.4. The molecule has 4 saturated carbocycles. The molecule has 0 bridgehead atoms. The number of hydrogen-bond donors (Lipinski definition) is 1. The molecule has 4 aliphatic rings. The van der Waals surface area contributed by atoms with Crippen molar-refractivity contribution in [2.45, 2.75) is 6.10 Å². The smallest absolute Gasteiger partial charge is 0.0663 e. The maximum absolute atomic E-state index is 9.70. The zero-order valence-corrected chi connectivity index (χ0v) is 6.01. The molecule has 0 aliphatic heterocycles. The average molecular weight is 147 g/mol. The van der Waals surface area contributed by atoms with E-state index in [-0.39, 0.29) is 12.0 Å². The fraction of sp³-hybridized carbons (Fsp3) is 0.889. The minimum Gasteiger partial charge on any atom is -0.392 e. The number of hydrogen-bond acceptors (Lipinski definition) is 2. The fourth-order valence-corrected chi connectivity index (χ4v) is 3.83. The third kappa shape index (κ3) is 0.337. The molecule has 2 nitrogen and oxygen atoms in total. The standard InChI is InChI=1S/C9H9NO/c10-1-2-3-4(2)9(11)8-6-5(3)7(6)8/h2-9,11H/t2-,3+,4-,5?,6-,7+,8?,9-/m1/s1. The summed E-state index contributed by atoms with van der Waals surface area (Å²) in [6.07, 6.45) is -0.0929. The minimum absolute atomic E-state index is 0.0929. The summed E-state index contributed by atoms with van der Waals surface area (Å²) in [5.41, 5.74) is 0. The van der Waals surface area contributed by atoms with E-state index in [9.17, 15) is 5.11 Å². The Morgan fingerprint density at radius 3 is 2.18 bits per heavy atom. The van der Waals surface area contributed by atoms with Crippen molar-refractivity contribution in [3.63, 3.8) is 0 Å². The molecular formula is C9H9NO. The number of rotatable bonds is 0. The molecule has 56 valence electrons. The van der Waals surface area contributed by atoms with Crippen LogP contribution in [0.1, 0.15) is 0 Å². The molecule has 0 saturated heterocycles. The topological polar surface area (TPSA) is 44.0 Å². The maximum Gasteiger partial charge on any atom is 0.0663 e. The number of nitrogens with zero attached hydrogens (tertiary/aromatic N) is 1. The molecule has 11 heavy (non-hydrogen) atoms. The fourth-order valence-electron chi connectivity index (χ4n) is 3.83. The first-order chi connectivity index (χ1) is 5.36. The lowest BCUT2D eigenvalue weighted by Gasteiger charge is -2.23. The lowest BCUT2D eigenvalue weighted by atomic mass is 9.86. The Labute approximate surface area is 64.8 Å². The normalized spacial score (nSPS) is 79.3. The van der Waals surface area contributed by atoms with Gasteiger partial charge in [0.2, 0.25) is 0 Å². The van der Waals surface area contributed by atoms with Gasteiger partial charge in [0.25, 0.3) is 0 Å². The van der Waals surface area contributed by atoms with Crippen molar-refractivity contribution in [1.29, 1.82) is 5.26 Å². The van der Waals surface area contributed by atoms with Gasteiger partial charge in [0, 0.05) is 5.92 Å². The first kappa shape index (κ1) is 5.16. The minimum atomic E-state index is -0.0929. The summed E-state index contributed by atoms with van der Waals surface area (Å²) in [7, 11) is 0. The zero-order chi connectivity index (χ0) is 7.33. The van der Waals surface area contributed by atoms with Gasteiger partial charge in [-0.05, 0) is 29.6 Å². The van der Waals surface area contributed by atoms with Crippen LogP contribution in [0.5, 0.6) is 0 Å². The molecule has 0 radical (unpaired) electrons. The van der Waals surface area contributed by atoms with Gasteiger partial charge in [-0.25, -0.2) is 0 Å². The van der Waals surface area contributed by atoms with Gasteiger partial charge >= 0.3 is 0 Å². The van der Waals surface area contributed by atoms with E-state index < -0.39 is 0 Å². The van der Waals surface area contributed by atoms with E-state index in [0.29, 0.717) is 17.8 Å². The van der Waals surface area contributed by atoms with Gasteiger partial charge in [-0.15, -0.1) is 0 Å². The van der Waals surface area contributed by atoms with Crippen molar-refractivity contribution in [2.75, 3.05) is 0 Å². The molecule has 2 unspecified atom stereocenters. The number of aliphatic hydroxyl groups excluding tert-OH is 1. The van der Waals surface area contributed by atoms with Crippen LogP contribution in [-0.2, 0) is 0 Å². The number of aliphatic hydroxyl groups is 1. The molecule has 0 amide bonds. The molecule has 4 fully saturated rings. The molecule has 4 aliphatic carbocycles. The molecular weight excluding hydrogens is 138 g/mol. The van der Waals surface area contributed by atoms with E-state index in [1.807, 2.05) is 0 Å². The van der Waals surface area contributed by atoms with E-state index in [4.69, 9.17) is 5.26 Å². The predicted molar refractivity (Wildman–Crippen MR) is 36.0 cm³/mol. The second-order valence-corrected chi connectivity index (χ2v) is 4.61. The SMILES string of the molecule is N#C[C@@H]1[C@@H]2C3[C@@H]4C([C@H]34)[C@H](O)[C@H]12. The molecule has 2 heteroatoms. The predicted octanol–water partition coefficient (Wildman–Crippen LogP) is 0.239. The molecule has 0 spiro atoms. The number of nitriles is 1. The highest BCUT2D eigenvalue weighted by Gasteiger charge is 2.87. The summed E-state index contributed by atoms with van der Waals surface area (Å²) >= 11 is 0. The van der Waals surface area contributed by atoms with E-state index in [0.717, 1.165) is 17.8 Å². The lowest BCUT2D eigenvalue weighted by Crippen LogP contribution is -2.27. The summed E-state index contributed by atoms with van der Waals surface area (Å²) in [4.78, 5) is 0. The van der Waals surface area contributed by atoms with Crippen molar-refractivity contribution >= 4 is 0 Å². The van der Waals surface area contributed by atoms with Gasteiger partial charge in [0.15, 0.2) is 0 Å².